The molecule has 0 bridgehead atoms. The molecule has 94 valence electrons. The maximum absolute atomic E-state index is 10.8. The molecule has 0 spiro atoms. The second kappa shape index (κ2) is 4.91. The van der Waals surface area contributed by atoms with Gasteiger partial charge in [-0.25, -0.2) is 4.79 Å². The van der Waals surface area contributed by atoms with Crippen molar-refractivity contribution in [2.75, 3.05) is 6.61 Å². The van der Waals surface area contributed by atoms with Crippen LogP contribution >= 0.6 is 0 Å². The third-order valence-electron chi connectivity index (χ3n) is 2.58. The minimum absolute atomic E-state index is 0.0801. The minimum atomic E-state index is -1.02. The van der Waals surface area contributed by atoms with Crippen LogP contribution in [0.25, 0.3) is 11.3 Å². The van der Waals surface area contributed by atoms with E-state index in [9.17, 15) is 4.79 Å². The summed E-state index contributed by atoms with van der Waals surface area (Å²) in [6.45, 7) is 4.49. The molecular weight excluding hydrogens is 232 g/mol. The van der Waals surface area contributed by atoms with Crippen LogP contribution in [0.15, 0.2) is 24.3 Å². The summed E-state index contributed by atoms with van der Waals surface area (Å²) < 4.78 is 5.45. The Kier molecular flexibility index (Phi) is 3.32. The van der Waals surface area contributed by atoms with Crippen molar-refractivity contribution in [1.29, 1.82) is 0 Å². The summed E-state index contributed by atoms with van der Waals surface area (Å²) in [6.07, 6.45) is 0. The number of nitrogens with zero attached hydrogens (tertiary/aromatic N) is 1. The SMILES string of the molecule is CCOc1ccc(-c2cc(C(=O)O)[nH]n2)cc1C. The van der Waals surface area contributed by atoms with Crippen molar-refractivity contribution in [3.8, 4) is 17.0 Å². The summed E-state index contributed by atoms with van der Waals surface area (Å²) in [6, 6.07) is 7.16. The number of hydrogen-bond acceptors (Lipinski definition) is 3. The Bertz CT molecular complexity index is 575. The molecule has 2 N–H and O–H groups in total. The maximum Gasteiger partial charge on any atom is 0.353 e. The maximum atomic E-state index is 10.8. The molecule has 0 aliphatic rings. The zero-order valence-corrected chi connectivity index (χ0v) is 10.2. The highest BCUT2D eigenvalue weighted by Crippen LogP contribution is 2.25. The van der Waals surface area contributed by atoms with Crippen LogP contribution in [0, 0.1) is 6.92 Å². The van der Waals surface area contributed by atoms with Gasteiger partial charge in [0, 0.05) is 5.56 Å². The number of hydrogen-bond donors (Lipinski definition) is 2. The van der Waals surface area contributed by atoms with Crippen LogP contribution < -0.4 is 4.74 Å². The number of benzene rings is 1. The van der Waals surface area contributed by atoms with Gasteiger partial charge < -0.3 is 9.84 Å². The van der Waals surface area contributed by atoms with Gasteiger partial charge >= 0.3 is 5.97 Å². The van der Waals surface area contributed by atoms with E-state index >= 15 is 0 Å². The van der Waals surface area contributed by atoms with Gasteiger partial charge in [0.25, 0.3) is 0 Å². The molecular formula is C13H14N2O3. The molecule has 1 aromatic heterocycles. The van der Waals surface area contributed by atoms with Gasteiger partial charge in [-0.15, -0.1) is 0 Å². The van der Waals surface area contributed by atoms with Crippen LogP contribution in [0.2, 0.25) is 0 Å². The van der Waals surface area contributed by atoms with E-state index in [2.05, 4.69) is 10.2 Å². The van der Waals surface area contributed by atoms with E-state index in [0.717, 1.165) is 16.9 Å². The summed E-state index contributed by atoms with van der Waals surface area (Å²) >= 11 is 0. The number of rotatable bonds is 4. The van der Waals surface area contributed by atoms with Crippen LogP contribution in [0.5, 0.6) is 5.75 Å². The monoisotopic (exact) mass is 246 g/mol. The Morgan fingerprint density at radius 2 is 2.22 bits per heavy atom. The molecule has 0 saturated heterocycles. The number of carbonyl (C=O) groups is 1. The van der Waals surface area contributed by atoms with Gasteiger partial charge in [-0.1, -0.05) is 0 Å². The van der Waals surface area contributed by atoms with Crippen molar-refractivity contribution < 1.29 is 14.6 Å². The fraction of sp³-hybridized carbons (Fsp3) is 0.231. The largest absolute Gasteiger partial charge is 0.494 e. The Morgan fingerprint density at radius 3 is 2.78 bits per heavy atom. The fourth-order valence-corrected chi connectivity index (χ4v) is 1.71. The topological polar surface area (TPSA) is 75.2 Å². The Balaban J connectivity index is 2.33. The number of aryl methyl sites for hydroxylation is 1. The lowest BCUT2D eigenvalue weighted by Crippen LogP contribution is -1.95. The highest BCUT2D eigenvalue weighted by molar-refractivity contribution is 5.86. The quantitative estimate of drug-likeness (QED) is 0.869. The molecule has 5 nitrogen and oxygen atoms in total. The molecule has 0 radical (unpaired) electrons. The standard InChI is InChI=1S/C13H14N2O3/c1-3-18-12-5-4-9(6-8(12)2)10-7-11(13(16)17)15-14-10/h4-7H,3H2,1-2H3,(H,14,15)(H,16,17). The van der Waals surface area contributed by atoms with E-state index in [4.69, 9.17) is 9.84 Å². The molecule has 2 aromatic rings. The highest BCUT2D eigenvalue weighted by atomic mass is 16.5. The van der Waals surface area contributed by atoms with Crippen LogP contribution in [0.4, 0.5) is 0 Å². The number of carboxylic acid groups (broad SMARTS) is 1. The lowest BCUT2D eigenvalue weighted by Gasteiger charge is -2.07. The van der Waals surface area contributed by atoms with Crippen molar-refractivity contribution >= 4 is 5.97 Å². The van der Waals surface area contributed by atoms with Crippen molar-refractivity contribution in [1.82, 2.24) is 10.2 Å². The summed E-state index contributed by atoms with van der Waals surface area (Å²) in [7, 11) is 0. The number of aromatic nitrogens is 2. The molecule has 0 amide bonds. The molecule has 2 rings (SSSR count). The van der Waals surface area contributed by atoms with E-state index in [-0.39, 0.29) is 5.69 Å². The Hall–Kier alpha value is -2.30. The number of H-pyrrole nitrogens is 1. The first-order valence-corrected chi connectivity index (χ1v) is 5.64. The molecule has 0 fully saturated rings. The first-order chi connectivity index (χ1) is 8.61. The third-order valence-corrected chi connectivity index (χ3v) is 2.58. The molecule has 1 aromatic carbocycles. The van der Waals surface area contributed by atoms with Gasteiger partial charge in [0.2, 0.25) is 0 Å². The smallest absolute Gasteiger partial charge is 0.353 e. The van der Waals surface area contributed by atoms with Crippen LogP contribution in [0.3, 0.4) is 0 Å². The summed E-state index contributed by atoms with van der Waals surface area (Å²) in [5, 5.41) is 15.3. The number of nitrogens with one attached hydrogen (secondary N) is 1. The Labute approximate surface area is 104 Å². The fourth-order valence-electron chi connectivity index (χ4n) is 1.71. The van der Waals surface area contributed by atoms with E-state index in [1.165, 1.54) is 6.07 Å². The first kappa shape index (κ1) is 12.2. The van der Waals surface area contributed by atoms with Crippen molar-refractivity contribution in [3.63, 3.8) is 0 Å². The Morgan fingerprint density at radius 1 is 1.44 bits per heavy atom. The van der Waals surface area contributed by atoms with Gasteiger partial charge in [-0.3, -0.25) is 5.10 Å². The molecule has 0 unspecified atom stereocenters. The summed E-state index contributed by atoms with van der Waals surface area (Å²) in [4.78, 5) is 10.8. The average molecular weight is 246 g/mol. The normalized spacial score (nSPS) is 10.3. The van der Waals surface area contributed by atoms with Crippen molar-refractivity contribution in [3.05, 3.63) is 35.5 Å². The van der Waals surface area contributed by atoms with Gasteiger partial charge in [-0.05, 0) is 43.7 Å². The second-order valence-corrected chi connectivity index (χ2v) is 3.89. The van der Waals surface area contributed by atoms with Crippen molar-refractivity contribution in [2.45, 2.75) is 13.8 Å². The summed E-state index contributed by atoms with van der Waals surface area (Å²) in [5.74, 6) is -0.188. The van der Waals surface area contributed by atoms with E-state index in [1.807, 2.05) is 32.0 Å². The van der Waals surface area contributed by atoms with E-state index in [1.54, 1.807) is 0 Å². The van der Waals surface area contributed by atoms with Gasteiger partial charge in [0.1, 0.15) is 11.4 Å². The molecule has 0 saturated carbocycles. The first-order valence-electron chi connectivity index (χ1n) is 5.64. The van der Waals surface area contributed by atoms with Gasteiger partial charge in [0.15, 0.2) is 0 Å². The lowest BCUT2D eigenvalue weighted by atomic mass is 10.1. The number of aromatic amines is 1. The number of ether oxygens (including phenoxy) is 1. The number of aromatic carboxylic acids is 1. The zero-order chi connectivity index (χ0) is 13.1. The predicted molar refractivity (Wildman–Crippen MR) is 66.9 cm³/mol. The second-order valence-electron chi connectivity index (χ2n) is 3.89. The highest BCUT2D eigenvalue weighted by Gasteiger charge is 2.10. The zero-order valence-electron chi connectivity index (χ0n) is 10.2. The molecule has 0 aliphatic carbocycles. The van der Waals surface area contributed by atoms with E-state index < -0.39 is 5.97 Å². The summed E-state index contributed by atoms with van der Waals surface area (Å²) in [5.41, 5.74) is 2.55. The predicted octanol–water partition coefficient (Wildman–Crippen LogP) is 2.48. The van der Waals surface area contributed by atoms with E-state index in [0.29, 0.717) is 12.3 Å². The van der Waals surface area contributed by atoms with Crippen molar-refractivity contribution in [2.24, 2.45) is 0 Å². The molecule has 0 aliphatic heterocycles. The lowest BCUT2D eigenvalue weighted by molar-refractivity contribution is 0.0690. The van der Waals surface area contributed by atoms with Gasteiger partial charge in [-0.2, -0.15) is 5.10 Å². The van der Waals surface area contributed by atoms with Crippen LogP contribution in [-0.4, -0.2) is 27.9 Å². The van der Waals surface area contributed by atoms with Crippen LogP contribution in [0.1, 0.15) is 23.0 Å². The minimum Gasteiger partial charge on any atom is -0.494 e. The average Bonchev–Trinajstić information content (AvgIpc) is 2.81. The van der Waals surface area contributed by atoms with Crippen LogP contribution in [-0.2, 0) is 0 Å². The third kappa shape index (κ3) is 2.34. The molecule has 18 heavy (non-hydrogen) atoms. The van der Waals surface area contributed by atoms with Gasteiger partial charge in [0.05, 0.1) is 12.3 Å². The number of carboxylic acids is 1. The molecule has 0 atom stereocenters. The molecule has 1 heterocycles. The molecule has 5 heteroatoms.